The van der Waals surface area contributed by atoms with Gasteiger partial charge in [-0.1, -0.05) is 57.9 Å². The number of halogens is 3. The van der Waals surface area contributed by atoms with E-state index in [0.717, 1.165) is 15.6 Å². The number of amides is 1. The summed E-state index contributed by atoms with van der Waals surface area (Å²) in [7, 11) is 0. The van der Waals surface area contributed by atoms with Crippen LogP contribution < -0.4 is 5.32 Å². The molecule has 0 bridgehead atoms. The van der Waals surface area contributed by atoms with Crippen LogP contribution in [0.15, 0.2) is 70.7 Å². The largest absolute Gasteiger partial charge is 0.321 e. The molecule has 3 aromatic rings. The minimum atomic E-state index is -0.542. The Kier molecular flexibility index (Phi) is 7.04. The number of nitriles is 1. The van der Waals surface area contributed by atoms with Crippen molar-refractivity contribution in [3.63, 3.8) is 0 Å². The summed E-state index contributed by atoms with van der Waals surface area (Å²) in [4.78, 5) is 12.7. The molecule has 30 heavy (non-hydrogen) atoms. The van der Waals surface area contributed by atoms with Gasteiger partial charge in [0.25, 0.3) is 5.91 Å². The van der Waals surface area contributed by atoms with Crippen LogP contribution in [0.4, 0.5) is 10.1 Å². The van der Waals surface area contributed by atoms with Crippen LogP contribution in [0.5, 0.6) is 0 Å². The molecule has 3 rings (SSSR count). The molecule has 0 atom stereocenters. The van der Waals surface area contributed by atoms with E-state index in [1.165, 1.54) is 12.1 Å². The second kappa shape index (κ2) is 9.71. The monoisotopic (exact) mass is 482 g/mol. The van der Waals surface area contributed by atoms with Crippen LogP contribution in [-0.2, 0) is 11.2 Å². The molecule has 0 aliphatic heterocycles. The minimum absolute atomic E-state index is 0.0674. The first-order valence-electron chi connectivity index (χ1n) is 9.08. The number of rotatable bonds is 5. The van der Waals surface area contributed by atoms with E-state index < -0.39 is 5.91 Å². The molecule has 0 unspecified atom stereocenters. The molecule has 0 saturated carbocycles. The van der Waals surface area contributed by atoms with Crippen molar-refractivity contribution in [3.05, 3.63) is 104 Å². The standard InChI is InChI=1S/C24H17BrClFN2O/c1-15-6-9-21(26)13-23(15)29-24(30)19(14-28)11-18-12-20(25)8-7-16(18)10-17-4-2-3-5-22(17)27/h2-9,11-13H,10H2,1H3,(H,29,30)/b19-11+. The summed E-state index contributed by atoms with van der Waals surface area (Å²) in [6, 6.07) is 19.1. The van der Waals surface area contributed by atoms with Gasteiger partial charge in [0.05, 0.1) is 0 Å². The van der Waals surface area contributed by atoms with Gasteiger partial charge in [0, 0.05) is 21.6 Å². The van der Waals surface area contributed by atoms with Crippen LogP contribution in [0, 0.1) is 24.1 Å². The van der Waals surface area contributed by atoms with Crippen LogP contribution in [0.3, 0.4) is 0 Å². The fourth-order valence-corrected chi connectivity index (χ4v) is 3.48. The van der Waals surface area contributed by atoms with Gasteiger partial charge in [-0.05, 0) is 65.6 Å². The molecule has 0 aromatic heterocycles. The van der Waals surface area contributed by atoms with Crippen molar-refractivity contribution in [2.45, 2.75) is 13.3 Å². The van der Waals surface area contributed by atoms with Crippen molar-refractivity contribution >= 4 is 45.2 Å². The fourth-order valence-electron chi connectivity index (χ4n) is 2.93. The van der Waals surface area contributed by atoms with Gasteiger partial charge in [0.15, 0.2) is 0 Å². The summed E-state index contributed by atoms with van der Waals surface area (Å²) < 4.78 is 14.9. The van der Waals surface area contributed by atoms with E-state index in [4.69, 9.17) is 11.6 Å². The predicted molar refractivity (Wildman–Crippen MR) is 122 cm³/mol. The third-order valence-electron chi connectivity index (χ3n) is 4.56. The van der Waals surface area contributed by atoms with Gasteiger partial charge in [-0.2, -0.15) is 5.26 Å². The molecule has 0 spiro atoms. The maximum absolute atomic E-state index is 14.1. The van der Waals surface area contributed by atoms with Crippen molar-refractivity contribution in [1.82, 2.24) is 0 Å². The normalized spacial score (nSPS) is 11.1. The van der Waals surface area contributed by atoms with Crippen molar-refractivity contribution in [1.29, 1.82) is 5.26 Å². The van der Waals surface area contributed by atoms with Crippen LogP contribution in [-0.4, -0.2) is 5.91 Å². The van der Waals surface area contributed by atoms with Gasteiger partial charge >= 0.3 is 0 Å². The van der Waals surface area contributed by atoms with E-state index in [0.29, 0.717) is 28.3 Å². The second-order valence-electron chi connectivity index (χ2n) is 6.69. The molecule has 3 aromatic carbocycles. The number of carbonyl (C=O) groups is 1. The molecular weight excluding hydrogens is 467 g/mol. The van der Waals surface area contributed by atoms with E-state index in [1.807, 2.05) is 25.1 Å². The lowest BCUT2D eigenvalue weighted by Gasteiger charge is -2.10. The summed E-state index contributed by atoms with van der Waals surface area (Å²) >= 11 is 9.42. The maximum Gasteiger partial charge on any atom is 0.266 e. The molecule has 0 fully saturated rings. The third-order valence-corrected chi connectivity index (χ3v) is 5.29. The van der Waals surface area contributed by atoms with Gasteiger partial charge in [-0.25, -0.2) is 4.39 Å². The smallest absolute Gasteiger partial charge is 0.266 e. The van der Waals surface area contributed by atoms with Crippen LogP contribution in [0.2, 0.25) is 5.02 Å². The number of anilines is 1. The highest BCUT2D eigenvalue weighted by Gasteiger charge is 2.13. The zero-order valence-corrected chi connectivity index (χ0v) is 18.4. The van der Waals surface area contributed by atoms with Crippen molar-refractivity contribution < 1.29 is 9.18 Å². The van der Waals surface area contributed by atoms with Crippen LogP contribution in [0.1, 0.15) is 22.3 Å². The first-order valence-corrected chi connectivity index (χ1v) is 10.3. The summed E-state index contributed by atoms with van der Waals surface area (Å²) in [5.74, 6) is -0.843. The Hall–Kier alpha value is -2.94. The summed E-state index contributed by atoms with van der Waals surface area (Å²) in [6.07, 6.45) is 1.84. The molecule has 6 heteroatoms. The van der Waals surface area contributed by atoms with Crippen LogP contribution in [0.25, 0.3) is 6.08 Å². The molecule has 0 aliphatic carbocycles. The van der Waals surface area contributed by atoms with E-state index in [-0.39, 0.29) is 11.4 Å². The minimum Gasteiger partial charge on any atom is -0.321 e. The molecule has 0 heterocycles. The average molecular weight is 484 g/mol. The third kappa shape index (κ3) is 5.35. The van der Waals surface area contributed by atoms with Gasteiger partial charge in [0.1, 0.15) is 17.5 Å². The summed E-state index contributed by atoms with van der Waals surface area (Å²) in [5.41, 5.74) is 3.28. The lowest BCUT2D eigenvalue weighted by atomic mass is 9.98. The number of hydrogen-bond donors (Lipinski definition) is 1. The fraction of sp³-hybridized carbons (Fsp3) is 0.0833. The number of aryl methyl sites for hydroxylation is 1. The number of benzene rings is 3. The van der Waals surface area contributed by atoms with Crippen molar-refractivity contribution in [3.8, 4) is 6.07 Å². The van der Waals surface area contributed by atoms with Gasteiger partial charge in [-0.15, -0.1) is 0 Å². The molecule has 150 valence electrons. The predicted octanol–water partition coefficient (Wildman–Crippen LogP) is 6.69. The highest BCUT2D eigenvalue weighted by atomic mass is 79.9. The van der Waals surface area contributed by atoms with E-state index in [2.05, 4.69) is 21.2 Å². The first-order chi connectivity index (χ1) is 14.4. The van der Waals surface area contributed by atoms with Gasteiger partial charge < -0.3 is 5.32 Å². The molecule has 1 amide bonds. The Bertz CT molecular complexity index is 1180. The zero-order chi connectivity index (χ0) is 21.7. The SMILES string of the molecule is Cc1ccc(Cl)cc1NC(=O)/C(C#N)=C/c1cc(Br)ccc1Cc1ccccc1F. The van der Waals surface area contributed by atoms with Crippen molar-refractivity contribution in [2.24, 2.45) is 0 Å². The van der Waals surface area contributed by atoms with E-state index in [1.54, 1.807) is 42.5 Å². The molecule has 0 aliphatic rings. The highest BCUT2D eigenvalue weighted by molar-refractivity contribution is 9.10. The Balaban J connectivity index is 1.94. The van der Waals surface area contributed by atoms with Gasteiger partial charge in [-0.3, -0.25) is 4.79 Å². The summed E-state index contributed by atoms with van der Waals surface area (Å²) in [5, 5.41) is 12.8. The lowest BCUT2D eigenvalue weighted by molar-refractivity contribution is -0.112. The molecule has 0 saturated heterocycles. The number of carbonyl (C=O) groups excluding carboxylic acids is 1. The quantitative estimate of drug-likeness (QED) is 0.325. The van der Waals surface area contributed by atoms with E-state index in [9.17, 15) is 14.4 Å². The van der Waals surface area contributed by atoms with Crippen molar-refractivity contribution in [2.75, 3.05) is 5.32 Å². The molecular formula is C24H17BrClFN2O. The Labute approximate surface area is 187 Å². The Morgan fingerprint density at radius 2 is 1.93 bits per heavy atom. The maximum atomic E-state index is 14.1. The Morgan fingerprint density at radius 3 is 2.67 bits per heavy atom. The average Bonchev–Trinajstić information content (AvgIpc) is 2.72. The van der Waals surface area contributed by atoms with Crippen LogP contribution >= 0.6 is 27.5 Å². The van der Waals surface area contributed by atoms with E-state index >= 15 is 0 Å². The zero-order valence-electron chi connectivity index (χ0n) is 16.0. The van der Waals surface area contributed by atoms with Gasteiger partial charge in [0.2, 0.25) is 0 Å². The number of nitrogens with one attached hydrogen (secondary N) is 1. The second-order valence-corrected chi connectivity index (χ2v) is 8.05. The Morgan fingerprint density at radius 1 is 1.17 bits per heavy atom. The molecule has 1 N–H and O–H groups in total. The first kappa shape index (κ1) is 21.8. The highest BCUT2D eigenvalue weighted by Crippen LogP contribution is 2.24. The topological polar surface area (TPSA) is 52.9 Å². The number of hydrogen-bond acceptors (Lipinski definition) is 2. The summed E-state index contributed by atoms with van der Waals surface area (Å²) in [6.45, 7) is 1.84. The molecule has 3 nitrogen and oxygen atoms in total. The molecule has 0 radical (unpaired) electrons. The lowest BCUT2D eigenvalue weighted by Crippen LogP contribution is -2.14. The number of nitrogens with zero attached hydrogens (tertiary/aromatic N) is 1.